The van der Waals surface area contributed by atoms with Gasteiger partial charge in [-0.25, -0.2) is 4.98 Å². The average molecular weight is 305 g/mol. The number of rotatable bonds is 1. The second kappa shape index (κ2) is 4.51. The van der Waals surface area contributed by atoms with Crippen LogP contribution in [0, 0.1) is 18.4 Å². The van der Waals surface area contributed by atoms with Crippen molar-refractivity contribution in [1.29, 1.82) is 5.26 Å². The third-order valence-electron chi connectivity index (χ3n) is 3.97. The number of fused-ring (bicyclic) bond motifs is 3. The quantitative estimate of drug-likeness (QED) is 0.524. The first-order chi connectivity index (χ1) is 11.1. The molecule has 0 saturated heterocycles. The van der Waals surface area contributed by atoms with Crippen molar-refractivity contribution in [2.75, 3.05) is 0 Å². The minimum absolute atomic E-state index is 0.111. The van der Waals surface area contributed by atoms with Gasteiger partial charge < -0.3 is 0 Å². The summed E-state index contributed by atoms with van der Waals surface area (Å²) in [4.78, 5) is 17.0. The maximum atomic E-state index is 12.6. The first-order valence-electron chi connectivity index (χ1n) is 6.91. The fourth-order valence-corrected chi connectivity index (χ4v) is 2.79. The summed E-state index contributed by atoms with van der Waals surface area (Å²) in [5.74, 6) is 0. The van der Waals surface area contributed by atoms with Gasteiger partial charge in [0.2, 0.25) is 6.19 Å². The van der Waals surface area contributed by atoms with Crippen molar-refractivity contribution in [3.63, 3.8) is 0 Å². The van der Waals surface area contributed by atoms with E-state index < -0.39 is 0 Å². The lowest BCUT2D eigenvalue weighted by Gasteiger charge is -2.07. The number of para-hydroxylation sites is 1. The summed E-state index contributed by atoms with van der Waals surface area (Å²) in [7, 11) is 1.69. The monoisotopic (exact) mass is 305 g/mol. The molecule has 3 aromatic heterocycles. The molecule has 23 heavy (non-hydrogen) atoms. The number of benzene rings is 1. The Morgan fingerprint density at radius 2 is 2.00 bits per heavy atom. The Hall–Kier alpha value is -3.47. The van der Waals surface area contributed by atoms with Crippen LogP contribution < -0.4 is 5.56 Å². The van der Waals surface area contributed by atoms with E-state index in [1.807, 2.05) is 28.8 Å². The molecule has 8 heteroatoms. The topological polar surface area (TPSA) is 93.8 Å². The molecule has 0 spiro atoms. The summed E-state index contributed by atoms with van der Waals surface area (Å²) in [5, 5.41) is 17.4. The third-order valence-corrected chi connectivity index (χ3v) is 3.97. The normalized spacial score (nSPS) is 11.2. The summed E-state index contributed by atoms with van der Waals surface area (Å²) >= 11 is 0. The summed E-state index contributed by atoms with van der Waals surface area (Å²) in [5.41, 5.74) is 2.86. The van der Waals surface area contributed by atoms with Gasteiger partial charge in [-0.05, 0) is 19.1 Å². The molecule has 0 radical (unpaired) electrons. The number of aromatic nitrogens is 6. The molecule has 0 bridgehead atoms. The fourth-order valence-electron chi connectivity index (χ4n) is 2.79. The number of nitriles is 1. The molecule has 1 aromatic carbocycles. The van der Waals surface area contributed by atoms with E-state index >= 15 is 0 Å². The highest BCUT2D eigenvalue weighted by Gasteiger charge is 2.19. The zero-order valence-corrected chi connectivity index (χ0v) is 12.4. The highest BCUT2D eigenvalue weighted by Crippen LogP contribution is 2.25. The Balaban J connectivity index is 2.17. The van der Waals surface area contributed by atoms with E-state index in [1.54, 1.807) is 26.4 Å². The van der Waals surface area contributed by atoms with Crippen LogP contribution in [0.4, 0.5) is 0 Å². The molecule has 112 valence electrons. The number of aryl methyl sites for hydroxylation is 1. The molecule has 0 fully saturated rings. The highest BCUT2D eigenvalue weighted by molar-refractivity contribution is 5.84. The van der Waals surface area contributed by atoms with Crippen LogP contribution in [-0.2, 0) is 7.05 Å². The lowest BCUT2D eigenvalue weighted by atomic mass is 10.2. The van der Waals surface area contributed by atoms with E-state index in [1.165, 1.54) is 4.57 Å². The smallest absolute Gasteiger partial charge is 0.261 e. The predicted molar refractivity (Wildman–Crippen MR) is 82.7 cm³/mol. The van der Waals surface area contributed by atoms with Gasteiger partial charge in [-0.2, -0.15) is 9.94 Å². The minimum Gasteiger partial charge on any atom is -0.295 e. The molecule has 0 unspecified atom stereocenters. The molecule has 4 rings (SSSR count). The van der Waals surface area contributed by atoms with Gasteiger partial charge >= 0.3 is 0 Å². The van der Waals surface area contributed by atoms with Crippen molar-refractivity contribution in [2.45, 2.75) is 6.92 Å². The van der Waals surface area contributed by atoms with Crippen LogP contribution in [0.3, 0.4) is 0 Å². The van der Waals surface area contributed by atoms with Crippen LogP contribution in [0.1, 0.15) is 5.69 Å². The van der Waals surface area contributed by atoms with Crippen LogP contribution in [0.5, 0.6) is 0 Å². The molecule has 0 saturated carbocycles. The van der Waals surface area contributed by atoms with Crippen molar-refractivity contribution in [1.82, 2.24) is 28.9 Å². The summed E-state index contributed by atoms with van der Waals surface area (Å²) in [6.07, 6.45) is 3.57. The van der Waals surface area contributed by atoms with Crippen molar-refractivity contribution in [3.05, 3.63) is 46.6 Å². The van der Waals surface area contributed by atoms with Crippen LogP contribution >= 0.6 is 0 Å². The minimum atomic E-state index is -0.111. The molecular formula is C15H11N7O. The van der Waals surface area contributed by atoms with Crippen LogP contribution in [-0.4, -0.2) is 28.9 Å². The summed E-state index contributed by atoms with van der Waals surface area (Å²) < 4.78 is 4.51. The lowest BCUT2D eigenvalue weighted by molar-refractivity contribution is 0.798. The van der Waals surface area contributed by atoms with Crippen molar-refractivity contribution in [2.24, 2.45) is 7.05 Å². The van der Waals surface area contributed by atoms with Crippen molar-refractivity contribution >= 4 is 16.6 Å². The SMILES string of the molecule is Cc1c(-c2ncn3c4ccccc4c(=O)n(C)c23)nnn1C#N. The van der Waals surface area contributed by atoms with Crippen LogP contribution in [0.2, 0.25) is 0 Å². The van der Waals surface area contributed by atoms with Gasteiger partial charge in [-0.15, -0.1) is 5.10 Å². The first-order valence-corrected chi connectivity index (χ1v) is 6.91. The Morgan fingerprint density at radius 3 is 2.74 bits per heavy atom. The predicted octanol–water partition coefficient (Wildman–Crippen LogP) is 1.08. The average Bonchev–Trinajstić information content (AvgIpc) is 3.16. The lowest BCUT2D eigenvalue weighted by Crippen LogP contribution is -2.19. The van der Waals surface area contributed by atoms with E-state index in [0.717, 1.165) is 10.2 Å². The van der Waals surface area contributed by atoms with E-state index in [-0.39, 0.29) is 5.56 Å². The Morgan fingerprint density at radius 1 is 1.22 bits per heavy atom. The van der Waals surface area contributed by atoms with Crippen LogP contribution in [0.15, 0.2) is 35.4 Å². The molecule has 0 atom stereocenters. The van der Waals surface area contributed by atoms with Gasteiger partial charge in [0.15, 0.2) is 0 Å². The number of hydrogen-bond donors (Lipinski definition) is 0. The first kappa shape index (κ1) is 13.2. The van der Waals surface area contributed by atoms with Crippen LogP contribution in [0.25, 0.3) is 27.9 Å². The van der Waals surface area contributed by atoms with Gasteiger partial charge in [0.1, 0.15) is 23.4 Å². The fraction of sp³-hybridized carbons (Fsp3) is 0.133. The molecule has 3 heterocycles. The van der Waals surface area contributed by atoms with Crippen molar-refractivity contribution in [3.8, 4) is 17.6 Å². The Bertz CT molecular complexity index is 1170. The Kier molecular flexibility index (Phi) is 2.59. The highest BCUT2D eigenvalue weighted by atomic mass is 16.1. The van der Waals surface area contributed by atoms with Gasteiger partial charge in [0.25, 0.3) is 5.56 Å². The third kappa shape index (κ3) is 1.64. The molecule has 0 N–H and O–H groups in total. The van der Waals surface area contributed by atoms with Crippen molar-refractivity contribution < 1.29 is 0 Å². The number of imidazole rings is 1. The van der Waals surface area contributed by atoms with E-state index in [2.05, 4.69) is 15.3 Å². The standard InChI is InChI=1S/C15H11N7O/c1-9-12(18-19-22(9)7-16)13-14-20(2)15(23)10-5-3-4-6-11(10)21(14)8-17-13/h3-6,8H,1-2H3. The van der Waals surface area contributed by atoms with E-state index in [4.69, 9.17) is 5.26 Å². The molecular weight excluding hydrogens is 294 g/mol. The summed E-state index contributed by atoms with van der Waals surface area (Å²) in [6.45, 7) is 1.74. The second-order valence-corrected chi connectivity index (χ2v) is 5.20. The van der Waals surface area contributed by atoms with Gasteiger partial charge in [0.05, 0.1) is 16.6 Å². The van der Waals surface area contributed by atoms with Gasteiger partial charge in [-0.1, -0.05) is 17.3 Å². The molecule has 0 aliphatic carbocycles. The molecule has 0 amide bonds. The number of nitrogens with zero attached hydrogens (tertiary/aromatic N) is 7. The Labute approximate surface area is 129 Å². The largest absolute Gasteiger partial charge is 0.295 e. The second-order valence-electron chi connectivity index (χ2n) is 5.20. The van der Waals surface area contributed by atoms with E-state index in [9.17, 15) is 4.79 Å². The molecule has 0 aliphatic rings. The van der Waals surface area contributed by atoms with Gasteiger partial charge in [-0.3, -0.25) is 13.8 Å². The number of hydrogen-bond acceptors (Lipinski definition) is 5. The van der Waals surface area contributed by atoms with Gasteiger partial charge in [0, 0.05) is 7.05 Å². The maximum Gasteiger partial charge on any atom is 0.261 e. The zero-order valence-electron chi connectivity index (χ0n) is 12.4. The molecule has 4 aromatic rings. The maximum absolute atomic E-state index is 12.6. The van der Waals surface area contributed by atoms with E-state index in [0.29, 0.717) is 28.1 Å². The summed E-state index contributed by atoms with van der Waals surface area (Å²) in [6, 6.07) is 7.36. The zero-order chi connectivity index (χ0) is 16.1. The molecule has 8 nitrogen and oxygen atoms in total. The molecule has 0 aliphatic heterocycles.